The molecule has 0 spiro atoms. The van der Waals surface area contributed by atoms with Gasteiger partial charge in [0, 0.05) is 35.3 Å². The highest BCUT2D eigenvalue weighted by Gasteiger charge is 2.12. The normalized spacial score (nSPS) is 12.3. The minimum absolute atomic E-state index is 0.272. The van der Waals surface area contributed by atoms with Gasteiger partial charge in [0.2, 0.25) is 0 Å². The van der Waals surface area contributed by atoms with Crippen LogP contribution in [0.15, 0.2) is 47.5 Å². The molecule has 0 aliphatic rings. The van der Waals surface area contributed by atoms with Crippen molar-refractivity contribution in [3.05, 3.63) is 58.6 Å². The van der Waals surface area contributed by atoms with Crippen LogP contribution >= 0.6 is 15.9 Å². The Morgan fingerprint density at radius 3 is 2.84 bits per heavy atom. The van der Waals surface area contributed by atoms with Gasteiger partial charge in [0.25, 0.3) is 0 Å². The van der Waals surface area contributed by atoms with Crippen LogP contribution in [-0.4, -0.2) is 16.5 Å². The average Bonchev–Trinajstić information content (AvgIpc) is 2.44. The summed E-state index contributed by atoms with van der Waals surface area (Å²) in [5.41, 5.74) is 2.43. The van der Waals surface area contributed by atoms with Gasteiger partial charge in [-0.15, -0.1) is 0 Å². The van der Waals surface area contributed by atoms with E-state index in [0.29, 0.717) is 0 Å². The van der Waals surface area contributed by atoms with E-state index in [-0.39, 0.29) is 6.04 Å². The molecule has 0 bridgehead atoms. The summed E-state index contributed by atoms with van der Waals surface area (Å²) in [5.74, 6) is 0. The van der Waals surface area contributed by atoms with Gasteiger partial charge < -0.3 is 5.32 Å². The van der Waals surface area contributed by atoms with E-state index in [1.165, 1.54) is 11.1 Å². The number of hydrogen-bond acceptors (Lipinski definition) is 3. The lowest BCUT2D eigenvalue weighted by molar-refractivity contribution is 0.527. The molecule has 2 heterocycles. The van der Waals surface area contributed by atoms with Crippen molar-refractivity contribution in [2.75, 3.05) is 6.54 Å². The fourth-order valence-corrected chi connectivity index (χ4v) is 2.38. The Balaban J connectivity index is 2.16. The van der Waals surface area contributed by atoms with Crippen molar-refractivity contribution >= 4 is 15.9 Å². The van der Waals surface area contributed by atoms with E-state index in [1.807, 2.05) is 24.7 Å². The van der Waals surface area contributed by atoms with Crippen molar-refractivity contribution in [2.45, 2.75) is 25.8 Å². The fraction of sp³-hybridized carbons (Fsp3) is 0.333. The van der Waals surface area contributed by atoms with E-state index in [1.54, 1.807) is 6.20 Å². The summed E-state index contributed by atoms with van der Waals surface area (Å²) in [6, 6.07) is 6.48. The smallest absolute Gasteiger partial charge is 0.0410 e. The maximum absolute atomic E-state index is 4.25. The SMILES string of the molecule is CCCNC(Cc1cccnc1)c1cncc(Br)c1. The Bertz CT molecular complexity index is 502. The zero-order valence-corrected chi connectivity index (χ0v) is 12.6. The first-order chi connectivity index (χ1) is 9.29. The van der Waals surface area contributed by atoms with E-state index < -0.39 is 0 Å². The molecule has 3 nitrogen and oxygen atoms in total. The maximum Gasteiger partial charge on any atom is 0.0410 e. The lowest BCUT2D eigenvalue weighted by Crippen LogP contribution is -2.24. The van der Waals surface area contributed by atoms with Crippen molar-refractivity contribution in [1.82, 2.24) is 15.3 Å². The monoisotopic (exact) mass is 319 g/mol. The zero-order chi connectivity index (χ0) is 13.5. The number of nitrogens with zero attached hydrogens (tertiary/aromatic N) is 2. The van der Waals surface area contributed by atoms with Crippen LogP contribution in [0.25, 0.3) is 0 Å². The number of halogens is 1. The first-order valence-corrected chi connectivity index (χ1v) is 7.31. The van der Waals surface area contributed by atoms with Gasteiger partial charge >= 0.3 is 0 Å². The Morgan fingerprint density at radius 2 is 2.16 bits per heavy atom. The Kier molecular flexibility index (Phi) is 5.48. The van der Waals surface area contributed by atoms with E-state index in [2.05, 4.69) is 50.3 Å². The molecule has 4 heteroatoms. The summed E-state index contributed by atoms with van der Waals surface area (Å²) in [6.45, 7) is 3.17. The highest BCUT2D eigenvalue weighted by atomic mass is 79.9. The third-order valence-electron chi connectivity index (χ3n) is 2.93. The fourth-order valence-electron chi connectivity index (χ4n) is 2.00. The van der Waals surface area contributed by atoms with Gasteiger partial charge in [0.1, 0.15) is 0 Å². The van der Waals surface area contributed by atoms with Crippen LogP contribution in [0, 0.1) is 0 Å². The molecule has 100 valence electrons. The average molecular weight is 320 g/mol. The predicted octanol–water partition coefficient (Wildman–Crippen LogP) is 3.52. The second kappa shape index (κ2) is 7.36. The van der Waals surface area contributed by atoms with Crippen LogP contribution in [0.3, 0.4) is 0 Å². The maximum atomic E-state index is 4.25. The van der Waals surface area contributed by atoms with Crippen molar-refractivity contribution in [1.29, 1.82) is 0 Å². The molecule has 0 saturated heterocycles. The molecule has 0 fully saturated rings. The lowest BCUT2D eigenvalue weighted by Gasteiger charge is -2.19. The van der Waals surface area contributed by atoms with E-state index in [9.17, 15) is 0 Å². The van der Waals surface area contributed by atoms with Crippen molar-refractivity contribution < 1.29 is 0 Å². The molecule has 2 rings (SSSR count). The molecule has 19 heavy (non-hydrogen) atoms. The van der Waals surface area contributed by atoms with E-state index in [0.717, 1.165) is 23.9 Å². The third-order valence-corrected chi connectivity index (χ3v) is 3.37. The van der Waals surface area contributed by atoms with Gasteiger partial charge in [-0.2, -0.15) is 0 Å². The molecular weight excluding hydrogens is 302 g/mol. The van der Waals surface area contributed by atoms with E-state index >= 15 is 0 Å². The van der Waals surface area contributed by atoms with Gasteiger partial charge in [-0.3, -0.25) is 9.97 Å². The molecule has 2 aromatic rings. The molecule has 0 radical (unpaired) electrons. The molecule has 0 aromatic carbocycles. The quantitative estimate of drug-likeness (QED) is 0.885. The molecule has 0 aliphatic carbocycles. The second-order valence-corrected chi connectivity index (χ2v) is 5.42. The largest absolute Gasteiger partial charge is 0.310 e. The summed E-state index contributed by atoms with van der Waals surface area (Å²) in [7, 11) is 0. The number of aromatic nitrogens is 2. The number of rotatable bonds is 6. The van der Waals surface area contributed by atoms with Crippen molar-refractivity contribution in [3.8, 4) is 0 Å². The van der Waals surface area contributed by atoms with Gasteiger partial charge in [0.15, 0.2) is 0 Å². The van der Waals surface area contributed by atoms with Gasteiger partial charge in [0.05, 0.1) is 0 Å². The van der Waals surface area contributed by atoms with E-state index in [4.69, 9.17) is 0 Å². The highest BCUT2D eigenvalue weighted by molar-refractivity contribution is 9.10. The molecule has 0 saturated carbocycles. The van der Waals surface area contributed by atoms with Crippen LogP contribution < -0.4 is 5.32 Å². The molecule has 2 aromatic heterocycles. The number of hydrogen-bond donors (Lipinski definition) is 1. The lowest BCUT2D eigenvalue weighted by atomic mass is 10.0. The third kappa shape index (κ3) is 4.40. The highest BCUT2D eigenvalue weighted by Crippen LogP contribution is 2.20. The van der Waals surface area contributed by atoms with Crippen LogP contribution in [0.4, 0.5) is 0 Å². The van der Waals surface area contributed by atoms with Crippen LogP contribution in [-0.2, 0) is 6.42 Å². The van der Waals surface area contributed by atoms with Crippen LogP contribution in [0.2, 0.25) is 0 Å². The van der Waals surface area contributed by atoms with Crippen LogP contribution in [0.1, 0.15) is 30.5 Å². The standard InChI is InChI=1S/C15H18BrN3/c1-2-5-19-15(7-12-4-3-6-17-9-12)13-8-14(16)11-18-10-13/h3-4,6,8-11,15,19H,2,5,7H2,1H3. The minimum atomic E-state index is 0.272. The summed E-state index contributed by atoms with van der Waals surface area (Å²) >= 11 is 3.48. The number of nitrogens with one attached hydrogen (secondary N) is 1. The minimum Gasteiger partial charge on any atom is -0.310 e. The zero-order valence-electron chi connectivity index (χ0n) is 11.0. The number of pyridine rings is 2. The Labute approximate surface area is 122 Å². The Hall–Kier alpha value is -1.26. The molecule has 1 N–H and O–H groups in total. The molecule has 0 amide bonds. The summed E-state index contributed by atoms with van der Waals surface area (Å²) in [5, 5.41) is 3.57. The first-order valence-electron chi connectivity index (χ1n) is 6.52. The molecule has 1 unspecified atom stereocenters. The topological polar surface area (TPSA) is 37.8 Å². The Morgan fingerprint density at radius 1 is 1.26 bits per heavy atom. The molecule has 0 aliphatic heterocycles. The summed E-state index contributed by atoms with van der Waals surface area (Å²) in [6.07, 6.45) is 9.50. The molecule has 1 atom stereocenters. The van der Waals surface area contributed by atoms with Gasteiger partial charge in [-0.1, -0.05) is 13.0 Å². The van der Waals surface area contributed by atoms with Crippen molar-refractivity contribution in [3.63, 3.8) is 0 Å². The van der Waals surface area contributed by atoms with Gasteiger partial charge in [-0.05, 0) is 58.6 Å². The first kappa shape index (κ1) is 14.2. The summed E-state index contributed by atoms with van der Waals surface area (Å²) in [4.78, 5) is 8.43. The summed E-state index contributed by atoms with van der Waals surface area (Å²) < 4.78 is 1.01. The predicted molar refractivity (Wildman–Crippen MR) is 80.9 cm³/mol. The second-order valence-electron chi connectivity index (χ2n) is 4.51. The molecular formula is C15H18BrN3. The van der Waals surface area contributed by atoms with Gasteiger partial charge in [-0.25, -0.2) is 0 Å². The van der Waals surface area contributed by atoms with Crippen LogP contribution in [0.5, 0.6) is 0 Å². The van der Waals surface area contributed by atoms with Crippen molar-refractivity contribution in [2.24, 2.45) is 0 Å².